The molecular formula is C17H16FN3. The van der Waals surface area contributed by atoms with Gasteiger partial charge in [-0.3, -0.25) is 5.10 Å². The van der Waals surface area contributed by atoms with Crippen LogP contribution in [-0.4, -0.2) is 16.7 Å². The van der Waals surface area contributed by atoms with Crippen LogP contribution >= 0.6 is 0 Å². The molecule has 1 aliphatic heterocycles. The van der Waals surface area contributed by atoms with Crippen molar-refractivity contribution in [3.63, 3.8) is 0 Å². The predicted octanol–water partition coefficient (Wildman–Crippen LogP) is 3.79. The van der Waals surface area contributed by atoms with Gasteiger partial charge in [-0.2, -0.15) is 5.10 Å². The number of hydrogen-bond donors (Lipinski definition) is 2. The molecule has 0 spiro atoms. The molecule has 0 saturated carbocycles. The first-order chi connectivity index (χ1) is 10.3. The molecular weight excluding hydrogens is 265 g/mol. The van der Waals surface area contributed by atoms with Gasteiger partial charge in [0.05, 0.1) is 11.2 Å². The molecule has 2 heterocycles. The largest absolute Gasteiger partial charge is 0.310 e. The third-order valence-corrected chi connectivity index (χ3v) is 4.17. The van der Waals surface area contributed by atoms with Crippen LogP contribution in [0, 0.1) is 5.82 Å². The number of nitrogens with one attached hydrogen (secondary N) is 2. The molecule has 21 heavy (non-hydrogen) atoms. The van der Waals surface area contributed by atoms with Crippen molar-refractivity contribution in [2.75, 3.05) is 6.54 Å². The summed E-state index contributed by atoms with van der Waals surface area (Å²) in [4.78, 5) is 0. The molecule has 3 aromatic rings. The van der Waals surface area contributed by atoms with E-state index in [0.717, 1.165) is 28.7 Å². The van der Waals surface area contributed by atoms with Crippen LogP contribution in [0.2, 0.25) is 0 Å². The summed E-state index contributed by atoms with van der Waals surface area (Å²) in [6.07, 6.45) is 2.40. The zero-order chi connectivity index (χ0) is 14.2. The van der Waals surface area contributed by atoms with Gasteiger partial charge in [0.25, 0.3) is 0 Å². The highest BCUT2D eigenvalue weighted by Crippen LogP contribution is 2.30. The molecule has 1 unspecified atom stereocenters. The number of rotatable bonds is 2. The summed E-state index contributed by atoms with van der Waals surface area (Å²) in [6, 6.07) is 13.3. The topological polar surface area (TPSA) is 40.7 Å². The molecule has 1 fully saturated rings. The van der Waals surface area contributed by atoms with E-state index in [2.05, 4.69) is 33.7 Å². The van der Waals surface area contributed by atoms with Crippen LogP contribution in [0.5, 0.6) is 0 Å². The van der Waals surface area contributed by atoms with Gasteiger partial charge in [0.1, 0.15) is 5.82 Å². The first kappa shape index (κ1) is 12.5. The van der Waals surface area contributed by atoms with Gasteiger partial charge >= 0.3 is 0 Å². The van der Waals surface area contributed by atoms with Gasteiger partial charge in [-0.25, -0.2) is 4.39 Å². The molecule has 0 aliphatic carbocycles. The van der Waals surface area contributed by atoms with E-state index in [1.54, 1.807) is 12.1 Å². The van der Waals surface area contributed by atoms with Crippen molar-refractivity contribution in [3.05, 3.63) is 53.8 Å². The molecule has 1 atom stereocenters. The van der Waals surface area contributed by atoms with Gasteiger partial charge in [-0.05, 0) is 61.3 Å². The van der Waals surface area contributed by atoms with Crippen molar-refractivity contribution < 1.29 is 4.39 Å². The number of fused-ring (bicyclic) bond motifs is 1. The Kier molecular flexibility index (Phi) is 2.97. The molecule has 0 bridgehead atoms. The zero-order valence-electron chi connectivity index (χ0n) is 11.6. The Morgan fingerprint density at radius 1 is 1.10 bits per heavy atom. The number of halogens is 1. The minimum absolute atomic E-state index is 0.227. The molecule has 106 valence electrons. The van der Waals surface area contributed by atoms with Gasteiger partial charge < -0.3 is 5.32 Å². The first-order valence-corrected chi connectivity index (χ1v) is 7.28. The summed E-state index contributed by atoms with van der Waals surface area (Å²) < 4.78 is 13.1. The van der Waals surface area contributed by atoms with Crippen LogP contribution in [-0.2, 0) is 0 Å². The third-order valence-electron chi connectivity index (χ3n) is 4.17. The lowest BCUT2D eigenvalue weighted by Gasteiger charge is -2.10. The molecule has 0 amide bonds. The molecule has 4 heteroatoms. The van der Waals surface area contributed by atoms with E-state index in [-0.39, 0.29) is 5.82 Å². The number of nitrogens with zero attached hydrogens (tertiary/aromatic N) is 1. The fraction of sp³-hybridized carbons (Fsp3) is 0.235. The minimum atomic E-state index is -0.227. The van der Waals surface area contributed by atoms with Crippen LogP contribution in [0.15, 0.2) is 42.5 Å². The summed E-state index contributed by atoms with van der Waals surface area (Å²) in [7, 11) is 0. The molecule has 0 radical (unpaired) electrons. The van der Waals surface area contributed by atoms with E-state index >= 15 is 0 Å². The van der Waals surface area contributed by atoms with Crippen LogP contribution < -0.4 is 5.32 Å². The van der Waals surface area contributed by atoms with Crippen molar-refractivity contribution in [2.45, 2.75) is 18.9 Å². The summed E-state index contributed by atoms with van der Waals surface area (Å²) in [5.74, 6) is -0.227. The number of aromatic nitrogens is 2. The fourth-order valence-corrected chi connectivity index (χ4v) is 3.05. The number of H-pyrrole nitrogens is 1. The van der Waals surface area contributed by atoms with E-state index < -0.39 is 0 Å². The summed E-state index contributed by atoms with van der Waals surface area (Å²) >= 11 is 0. The summed E-state index contributed by atoms with van der Waals surface area (Å²) in [5, 5.41) is 12.1. The quantitative estimate of drug-likeness (QED) is 0.750. The molecule has 4 rings (SSSR count). The number of hydrogen-bond acceptors (Lipinski definition) is 2. The monoisotopic (exact) mass is 281 g/mol. The van der Waals surface area contributed by atoms with Crippen molar-refractivity contribution in [1.29, 1.82) is 0 Å². The molecule has 1 aromatic heterocycles. The Labute approximate surface area is 122 Å². The second-order valence-corrected chi connectivity index (χ2v) is 5.53. The second kappa shape index (κ2) is 4.97. The lowest BCUT2D eigenvalue weighted by molar-refractivity contribution is 0.628. The number of aromatic amines is 1. The van der Waals surface area contributed by atoms with Gasteiger partial charge in [-0.15, -0.1) is 0 Å². The second-order valence-electron chi connectivity index (χ2n) is 5.53. The summed E-state index contributed by atoms with van der Waals surface area (Å²) in [6.45, 7) is 1.08. The highest BCUT2D eigenvalue weighted by atomic mass is 19.1. The fourth-order valence-electron chi connectivity index (χ4n) is 3.05. The zero-order valence-corrected chi connectivity index (χ0v) is 11.6. The van der Waals surface area contributed by atoms with E-state index in [1.165, 1.54) is 30.5 Å². The Balaban J connectivity index is 1.81. The van der Waals surface area contributed by atoms with Gasteiger partial charge in [0.2, 0.25) is 0 Å². The Morgan fingerprint density at radius 2 is 1.95 bits per heavy atom. The van der Waals surface area contributed by atoms with Crippen LogP contribution in [0.1, 0.15) is 24.4 Å². The average Bonchev–Trinajstić information content (AvgIpc) is 3.17. The van der Waals surface area contributed by atoms with Crippen molar-refractivity contribution in [3.8, 4) is 11.3 Å². The van der Waals surface area contributed by atoms with Crippen molar-refractivity contribution in [2.24, 2.45) is 0 Å². The van der Waals surface area contributed by atoms with Gasteiger partial charge in [0, 0.05) is 17.0 Å². The van der Waals surface area contributed by atoms with Gasteiger partial charge in [-0.1, -0.05) is 6.07 Å². The van der Waals surface area contributed by atoms with Crippen molar-refractivity contribution in [1.82, 2.24) is 15.5 Å². The predicted molar refractivity (Wildman–Crippen MR) is 81.5 cm³/mol. The smallest absolute Gasteiger partial charge is 0.123 e. The van der Waals surface area contributed by atoms with Crippen LogP contribution in [0.25, 0.3) is 22.2 Å². The Hall–Kier alpha value is -2.20. The normalized spacial score (nSPS) is 18.4. The Morgan fingerprint density at radius 3 is 2.71 bits per heavy atom. The standard InChI is InChI=1S/C17H16FN3/c18-13-6-3-11(4-7-13)17-14-10-12(15-2-1-9-19-15)5-8-16(14)20-21-17/h3-8,10,15,19H,1-2,9H2,(H,20,21). The molecule has 2 aromatic carbocycles. The van der Waals surface area contributed by atoms with Crippen LogP contribution in [0.3, 0.4) is 0 Å². The lowest BCUT2D eigenvalue weighted by atomic mass is 10.0. The molecule has 1 aliphatic rings. The minimum Gasteiger partial charge on any atom is -0.310 e. The maximum atomic E-state index is 13.1. The molecule has 3 nitrogen and oxygen atoms in total. The van der Waals surface area contributed by atoms with Crippen LogP contribution in [0.4, 0.5) is 4.39 Å². The maximum absolute atomic E-state index is 13.1. The highest BCUT2D eigenvalue weighted by molar-refractivity contribution is 5.93. The van der Waals surface area contributed by atoms with Crippen molar-refractivity contribution >= 4 is 10.9 Å². The van der Waals surface area contributed by atoms with E-state index in [0.29, 0.717) is 6.04 Å². The maximum Gasteiger partial charge on any atom is 0.123 e. The lowest BCUT2D eigenvalue weighted by Crippen LogP contribution is -2.12. The Bertz CT molecular complexity index is 770. The van der Waals surface area contributed by atoms with Gasteiger partial charge in [0.15, 0.2) is 0 Å². The van der Waals surface area contributed by atoms with E-state index in [4.69, 9.17) is 0 Å². The average molecular weight is 281 g/mol. The highest BCUT2D eigenvalue weighted by Gasteiger charge is 2.17. The first-order valence-electron chi connectivity index (χ1n) is 7.28. The molecule has 1 saturated heterocycles. The number of benzene rings is 2. The van der Waals surface area contributed by atoms with E-state index in [9.17, 15) is 4.39 Å². The molecule has 2 N–H and O–H groups in total. The van der Waals surface area contributed by atoms with E-state index in [1.807, 2.05) is 0 Å². The summed E-state index contributed by atoms with van der Waals surface area (Å²) in [5.41, 5.74) is 4.12. The third kappa shape index (κ3) is 2.21. The SMILES string of the molecule is Fc1ccc(-c2n[nH]c3ccc(C4CCCN4)cc23)cc1.